The molecule has 0 saturated carbocycles. The summed E-state index contributed by atoms with van der Waals surface area (Å²) in [6.45, 7) is 11.7. The SMILES string of the molecule is CCNC(=NCCCCN1CCC(C(N)=O)CC1)N1CCN(Cc2ccon2)CC1. The Morgan fingerprint density at radius 1 is 1.20 bits per heavy atom. The number of aromatic nitrogens is 1. The molecule has 9 heteroatoms. The Morgan fingerprint density at radius 3 is 2.60 bits per heavy atom. The third-order valence-electron chi connectivity index (χ3n) is 6.02. The van der Waals surface area contributed by atoms with E-state index in [9.17, 15) is 4.79 Å². The summed E-state index contributed by atoms with van der Waals surface area (Å²) in [5, 5.41) is 7.45. The first-order chi connectivity index (χ1) is 14.7. The van der Waals surface area contributed by atoms with E-state index >= 15 is 0 Å². The lowest BCUT2D eigenvalue weighted by atomic mass is 9.96. The molecule has 9 nitrogen and oxygen atoms in total. The van der Waals surface area contributed by atoms with Crippen molar-refractivity contribution in [2.24, 2.45) is 16.6 Å². The predicted octanol–water partition coefficient (Wildman–Crippen LogP) is 0.735. The monoisotopic (exact) mass is 419 g/mol. The summed E-state index contributed by atoms with van der Waals surface area (Å²) in [7, 11) is 0. The highest BCUT2D eigenvalue weighted by atomic mass is 16.5. The van der Waals surface area contributed by atoms with Crippen LogP contribution in [0.25, 0.3) is 0 Å². The van der Waals surface area contributed by atoms with Crippen LogP contribution in [0.3, 0.4) is 0 Å². The number of nitrogens with one attached hydrogen (secondary N) is 1. The zero-order valence-corrected chi connectivity index (χ0v) is 18.3. The molecule has 1 aromatic rings. The fraction of sp³-hybridized carbons (Fsp3) is 0.762. The van der Waals surface area contributed by atoms with Crippen molar-refractivity contribution in [2.45, 2.75) is 39.2 Å². The minimum absolute atomic E-state index is 0.0740. The standard InChI is InChI=1S/C21H37N7O2/c1-2-23-21(28-14-12-27(13-15-28)17-19-7-16-30-25-19)24-8-3-4-9-26-10-5-18(6-11-26)20(22)29/h7,16,18H,2-6,8-15,17H2,1H3,(H2,22,29)(H,23,24). The van der Waals surface area contributed by atoms with E-state index in [2.05, 4.69) is 32.1 Å². The molecule has 3 heterocycles. The van der Waals surface area contributed by atoms with E-state index in [1.807, 2.05) is 6.07 Å². The number of hydrogen-bond donors (Lipinski definition) is 2. The van der Waals surface area contributed by atoms with Crippen molar-refractivity contribution in [3.05, 3.63) is 18.0 Å². The van der Waals surface area contributed by atoms with E-state index in [0.717, 1.165) is 103 Å². The molecule has 2 aliphatic rings. The van der Waals surface area contributed by atoms with Crippen LogP contribution in [0.4, 0.5) is 0 Å². The Balaban J connectivity index is 1.34. The van der Waals surface area contributed by atoms with E-state index in [1.54, 1.807) is 6.26 Å². The quantitative estimate of drug-likeness (QED) is 0.346. The summed E-state index contributed by atoms with van der Waals surface area (Å²) in [6, 6.07) is 1.93. The Morgan fingerprint density at radius 2 is 1.97 bits per heavy atom. The molecule has 2 aliphatic heterocycles. The van der Waals surface area contributed by atoms with Gasteiger partial charge in [-0.2, -0.15) is 0 Å². The van der Waals surface area contributed by atoms with Crippen molar-refractivity contribution in [2.75, 3.05) is 58.9 Å². The summed E-state index contributed by atoms with van der Waals surface area (Å²) in [4.78, 5) is 23.3. The third-order valence-corrected chi connectivity index (χ3v) is 6.02. The van der Waals surface area contributed by atoms with Gasteiger partial charge in [0.05, 0.1) is 5.69 Å². The molecule has 3 N–H and O–H groups in total. The van der Waals surface area contributed by atoms with Gasteiger partial charge in [-0.05, 0) is 52.2 Å². The first-order valence-corrected chi connectivity index (χ1v) is 11.3. The average Bonchev–Trinajstić information content (AvgIpc) is 3.27. The lowest BCUT2D eigenvalue weighted by Crippen LogP contribution is -2.52. The minimum Gasteiger partial charge on any atom is -0.369 e. The van der Waals surface area contributed by atoms with E-state index in [1.165, 1.54) is 0 Å². The molecule has 1 amide bonds. The van der Waals surface area contributed by atoms with Gasteiger partial charge in [0.2, 0.25) is 5.91 Å². The number of carbonyl (C=O) groups is 1. The molecule has 0 unspecified atom stereocenters. The summed E-state index contributed by atoms with van der Waals surface area (Å²) in [6.07, 6.45) is 5.65. The van der Waals surface area contributed by atoms with Crippen LogP contribution in [0.2, 0.25) is 0 Å². The van der Waals surface area contributed by atoms with Crippen molar-refractivity contribution >= 4 is 11.9 Å². The number of nitrogens with two attached hydrogens (primary N) is 1. The molecule has 0 aromatic carbocycles. The number of primary amides is 1. The highest BCUT2D eigenvalue weighted by Crippen LogP contribution is 2.17. The number of piperazine rings is 1. The Kier molecular flexibility index (Phi) is 8.95. The van der Waals surface area contributed by atoms with E-state index in [-0.39, 0.29) is 11.8 Å². The van der Waals surface area contributed by atoms with Gasteiger partial charge < -0.3 is 25.4 Å². The number of rotatable bonds is 9. The Hall–Kier alpha value is -2.13. The van der Waals surface area contributed by atoms with Gasteiger partial charge in [0, 0.05) is 57.8 Å². The second-order valence-electron chi connectivity index (χ2n) is 8.22. The van der Waals surface area contributed by atoms with Gasteiger partial charge in [-0.25, -0.2) is 0 Å². The highest BCUT2D eigenvalue weighted by molar-refractivity contribution is 5.80. The molecular formula is C21H37N7O2. The predicted molar refractivity (Wildman–Crippen MR) is 117 cm³/mol. The van der Waals surface area contributed by atoms with Crippen molar-refractivity contribution in [1.29, 1.82) is 0 Å². The summed E-state index contributed by atoms with van der Waals surface area (Å²) < 4.78 is 4.93. The van der Waals surface area contributed by atoms with Crippen LogP contribution < -0.4 is 11.1 Å². The second-order valence-corrected chi connectivity index (χ2v) is 8.22. The average molecular weight is 420 g/mol. The van der Waals surface area contributed by atoms with Gasteiger partial charge in [-0.3, -0.25) is 14.7 Å². The minimum atomic E-state index is -0.140. The van der Waals surface area contributed by atoms with Crippen LogP contribution in [-0.4, -0.2) is 90.6 Å². The molecule has 168 valence electrons. The number of unbranched alkanes of at least 4 members (excludes halogenated alkanes) is 1. The van der Waals surface area contributed by atoms with Crippen molar-refractivity contribution in [1.82, 2.24) is 25.2 Å². The maximum atomic E-state index is 11.3. The summed E-state index contributed by atoms with van der Waals surface area (Å²) in [5.41, 5.74) is 6.40. The number of hydrogen-bond acceptors (Lipinski definition) is 6. The van der Waals surface area contributed by atoms with Gasteiger partial charge in [-0.1, -0.05) is 5.16 Å². The Labute approximate surface area is 179 Å². The molecule has 0 atom stereocenters. The van der Waals surface area contributed by atoms with Crippen LogP contribution in [0.5, 0.6) is 0 Å². The third kappa shape index (κ3) is 6.98. The molecule has 2 saturated heterocycles. The number of carbonyl (C=O) groups excluding carboxylic acids is 1. The number of nitrogens with zero attached hydrogens (tertiary/aromatic N) is 5. The molecule has 0 spiro atoms. The number of amides is 1. The molecule has 0 bridgehead atoms. The molecule has 30 heavy (non-hydrogen) atoms. The van der Waals surface area contributed by atoms with Gasteiger partial charge in [0.15, 0.2) is 5.96 Å². The molecular weight excluding hydrogens is 382 g/mol. The van der Waals surface area contributed by atoms with E-state index < -0.39 is 0 Å². The number of aliphatic imine (C=N–C) groups is 1. The fourth-order valence-corrected chi connectivity index (χ4v) is 4.17. The van der Waals surface area contributed by atoms with Gasteiger partial charge >= 0.3 is 0 Å². The van der Waals surface area contributed by atoms with Crippen molar-refractivity contribution < 1.29 is 9.32 Å². The lowest BCUT2D eigenvalue weighted by molar-refractivity contribution is -0.123. The summed E-state index contributed by atoms with van der Waals surface area (Å²) in [5.74, 6) is 0.963. The summed E-state index contributed by atoms with van der Waals surface area (Å²) >= 11 is 0. The van der Waals surface area contributed by atoms with E-state index in [0.29, 0.717) is 0 Å². The number of guanidine groups is 1. The Bertz CT molecular complexity index is 648. The van der Waals surface area contributed by atoms with Gasteiger partial charge in [0.25, 0.3) is 0 Å². The van der Waals surface area contributed by atoms with Crippen LogP contribution in [-0.2, 0) is 11.3 Å². The van der Waals surface area contributed by atoms with E-state index in [4.69, 9.17) is 15.2 Å². The fourth-order valence-electron chi connectivity index (χ4n) is 4.17. The highest BCUT2D eigenvalue weighted by Gasteiger charge is 2.23. The van der Waals surface area contributed by atoms with Crippen molar-refractivity contribution in [3.63, 3.8) is 0 Å². The molecule has 0 aliphatic carbocycles. The molecule has 1 aromatic heterocycles. The van der Waals surface area contributed by atoms with Crippen LogP contribution in [0, 0.1) is 5.92 Å². The largest absolute Gasteiger partial charge is 0.369 e. The molecule has 3 rings (SSSR count). The van der Waals surface area contributed by atoms with Gasteiger partial charge in [0.1, 0.15) is 6.26 Å². The zero-order chi connectivity index (χ0) is 21.2. The number of likely N-dealkylation sites (tertiary alicyclic amines) is 1. The molecule has 2 fully saturated rings. The first-order valence-electron chi connectivity index (χ1n) is 11.3. The second kappa shape index (κ2) is 11.9. The smallest absolute Gasteiger partial charge is 0.220 e. The van der Waals surface area contributed by atoms with Crippen LogP contribution >= 0.6 is 0 Å². The number of piperidine rings is 1. The maximum Gasteiger partial charge on any atom is 0.220 e. The van der Waals surface area contributed by atoms with Gasteiger partial charge in [-0.15, -0.1) is 0 Å². The molecule has 0 radical (unpaired) electrons. The zero-order valence-electron chi connectivity index (χ0n) is 18.3. The van der Waals surface area contributed by atoms with Crippen LogP contribution in [0.15, 0.2) is 21.8 Å². The normalized spacial score (nSPS) is 19.9. The lowest BCUT2D eigenvalue weighted by Gasteiger charge is -2.36. The maximum absolute atomic E-state index is 11.3. The van der Waals surface area contributed by atoms with Crippen LogP contribution in [0.1, 0.15) is 38.3 Å². The first kappa shape index (κ1) is 22.6. The topological polar surface area (TPSA) is 103 Å². The van der Waals surface area contributed by atoms with Crippen molar-refractivity contribution in [3.8, 4) is 0 Å².